The molecule has 0 saturated heterocycles. The summed E-state index contributed by atoms with van der Waals surface area (Å²) in [4.78, 5) is 49.5. The molecule has 2 N–H and O–H groups in total. The first kappa shape index (κ1) is 32.1. The Kier molecular flexibility index (Phi) is 11.3. The van der Waals surface area contributed by atoms with Crippen molar-refractivity contribution in [1.29, 1.82) is 0 Å². The molecule has 9 heteroatoms. The fourth-order valence-corrected chi connectivity index (χ4v) is 2.74. The fraction of sp³-hybridized carbons (Fsp3) is 0.643. The van der Waals surface area contributed by atoms with Gasteiger partial charge >= 0.3 is 23.9 Å². The Labute approximate surface area is 220 Å². The molecule has 1 aromatic carbocycles. The minimum absolute atomic E-state index is 0.0506. The summed E-state index contributed by atoms with van der Waals surface area (Å²) in [7, 11) is 0. The van der Waals surface area contributed by atoms with Gasteiger partial charge in [0.2, 0.25) is 0 Å². The van der Waals surface area contributed by atoms with E-state index in [-0.39, 0.29) is 36.2 Å². The minimum Gasteiger partial charge on any atom is -0.459 e. The smallest absolute Gasteiger partial charge is 0.323 e. The van der Waals surface area contributed by atoms with Crippen LogP contribution in [0.3, 0.4) is 0 Å². The topological polar surface area (TPSA) is 131 Å². The van der Waals surface area contributed by atoms with Crippen LogP contribution in [-0.2, 0) is 35.1 Å². The molecule has 0 aliphatic carbocycles. The Morgan fingerprint density at radius 2 is 1.27 bits per heavy atom. The Hall–Kier alpha value is -2.94. The molecule has 0 aliphatic heterocycles. The zero-order valence-corrected chi connectivity index (χ0v) is 23.8. The quantitative estimate of drug-likeness (QED) is 0.352. The highest BCUT2D eigenvalue weighted by Crippen LogP contribution is 2.33. The highest BCUT2D eigenvalue weighted by Gasteiger charge is 2.29. The first-order chi connectivity index (χ1) is 16.8. The van der Waals surface area contributed by atoms with E-state index in [9.17, 15) is 19.2 Å². The number of hydrogen-bond donors (Lipinski definition) is 1. The van der Waals surface area contributed by atoms with Crippen LogP contribution in [0.4, 0.5) is 0 Å². The van der Waals surface area contributed by atoms with Gasteiger partial charge in [0.15, 0.2) is 11.5 Å². The van der Waals surface area contributed by atoms with Crippen molar-refractivity contribution in [2.75, 3.05) is 0 Å². The summed E-state index contributed by atoms with van der Waals surface area (Å²) in [6, 6.07) is 3.62. The van der Waals surface area contributed by atoms with Gasteiger partial charge in [-0.1, -0.05) is 19.9 Å². The SMILES string of the molecule is CC(C)CC(=O)O[C@@H](C)[C@H](C)OC(=O)[C@@H](N)Cc1ccc(OC(=O)C(C)(C)C)c(OC(=O)C(C)(C)C)c1. The van der Waals surface area contributed by atoms with E-state index in [1.165, 1.54) is 12.1 Å². The molecule has 37 heavy (non-hydrogen) atoms. The van der Waals surface area contributed by atoms with Crippen LogP contribution in [0.15, 0.2) is 18.2 Å². The summed E-state index contributed by atoms with van der Waals surface area (Å²) in [6.45, 7) is 17.3. The van der Waals surface area contributed by atoms with E-state index in [1.807, 2.05) is 13.8 Å². The van der Waals surface area contributed by atoms with Crippen LogP contribution in [-0.4, -0.2) is 42.1 Å². The molecule has 208 valence electrons. The summed E-state index contributed by atoms with van der Waals surface area (Å²) in [5.74, 6) is -1.75. The zero-order chi connectivity index (χ0) is 28.7. The molecular formula is C28H43NO8. The van der Waals surface area contributed by atoms with Crippen molar-refractivity contribution in [2.24, 2.45) is 22.5 Å². The average molecular weight is 522 g/mol. The predicted molar refractivity (Wildman–Crippen MR) is 139 cm³/mol. The lowest BCUT2D eigenvalue weighted by Gasteiger charge is -2.23. The lowest BCUT2D eigenvalue weighted by atomic mass is 9.97. The number of benzene rings is 1. The molecule has 0 bridgehead atoms. The number of rotatable bonds is 10. The summed E-state index contributed by atoms with van der Waals surface area (Å²) in [5.41, 5.74) is 5.09. The average Bonchev–Trinajstić information content (AvgIpc) is 2.73. The van der Waals surface area contributed by atoms with E-state index in [1.54, 1.807) is 61.5 Å². The van der Waals surface area contributed by atoms with E-state index >= 15 is 0 Å². The largest absolute Gasteiger partial charge is 0.459 e. The van der Waals surface area contributed by atoms with E-state index in [4.69, 9.17) is 24.7 Å². The van der Waals surface area contributed by atoms with Crippen molar-refractivity contribution in [3.63, 3.8) is 0 Å². The predicted octanol–water partition coefficient (Wildman–Crippen LogP) is 4.37. The van der Waals surface area contributed by atoms with Crippen LogP contribution in [0.5, 0.6) is 11.5 Å². The first-order valence-electron chi connectivity index (χ1n) is 12.5. The van der Waals surface area contributed by atoms with Gasteiger partial charge in [-0.2, -0.15) is 0 Å². The van der Waals surface area contributed by atoms with Gasteiger partial charge in [0, 0.05) is 6.42 Å². The van der Waals surface area contributed by atoms with E-state index in [2.05, 4.69) is 0 Å². The molecule has 3 atom stereocenters. The van der Waals surface area contributed by atoms with Crippen LogP contribution in [0.25, 0.3) is 0 Å². The molecule has 0 spiro atoms. The van der Waals surface area contributed by atoms with Gasteiger partial charge in [0.1, 0.15) is 18.2 Å². The van der Waals surface area contributed by atoms with E-state index < -0.39 is 47.0 Å². The second kappa shape index (κ2) is 13.0. The molecule has 0 heterocycles. The van der Waals surface area contributed by atoms with Gasteiger partial charge < -0.3 is 24.7 Å². The van der Waals surface area contributed by atoms with Crippen molar-refractivity contribution in [3.05, 3.63) is 23.8 Å². The lowest BCUT2D eigenvalue weighted by molar-refractivity contribution is -0.166. The second-order valence-electron chi connectivity index (χ2n) is 11.8. The molecule has 0 aromatic heterocycles. The second-order valence-corrected chi connectivity index (χ2v) is 11.8. The Bertz CT molecular complexity index is 971. The standard InChI is InChI=1S/C28H43NO8/c1-16(2)13-23(30)34-17(3)18(4)35-24(31)20(29)14-19-11-12-21(36-25(32)27(5,6)7)22(15-19)37-26(33)28(8,9)10/h11-12,15-18,20H,13-14,29H2,1-10H3/t17-,18-,20-/m0/s1. The van der Waals surface area contributed by atoms with Gasteiger partial charge in [-0.3, -0.25) is 19.2 Å². The van der Waals surface area contributed by atoms with Gasteiger partial charge in [0.25, 0.3) is 0 Å². The molecule has 0 unspecified atom stereocenters. The van der Waals surface area contributed by atoms with Crippen LogP contribution in [0, 0.1) is 16.7 Å². The van der Waals surface area contributed by atoms with E-state index in [0.717, 1.165) is 0 Å². The molecule has 1 rings (SSSR count). The molecule has 0 fully saturated rings. The highest BCUT2D eigenvalue weighted by atomic mass is 16.6. The summed E-state index contributed by atoms with van der Waals surface area (Å²) < 4.78 is 21.8. The third-order valence-corrected chi connectivity index (χ3v) is 5.25. The fourth-order valence-electron chi connectivity index (χ4n) is 2.74. The maximum atomic E-state index is 12.6. The normalized spacial score (nSPS) is 14.4. The minimum atomic E-state index is -1.03. The van der Waals surface area contributed by atoms with Crippen LogP contribution < -0.4 is 15.2 Å². The van der Waals surface area contributed by atoms with Crippen molar-refractivity contribution >= 4 is 23.9 Å². The lowest BCUT2D eigenvalue weighted by Crippen LogP contribution is -2.39. The van der Waals surface area contributed by atoms with Gasteiger partial charge in [0.05, 0.1) is 10.8 Å². The maximum absolute atomic E-state index is 12.6. The molecule has 0 radical (unpaired) electrons. The van der Waals surface area contributed by atoms with E-state index in [0.29, 0.717) is 5.56 Å². The monoisotopic (exact) mass is 521 g/mol. The Morgan fingerprint density at radius 1 is 0.784 bits per heavy atom. The summed E-state index contributed by atoms with van der Waals surface area (Å²) in [5, 5.41) is 0. The van der Waals surface area contributed by atoms with Crippen LogP contribution >= 0.6 is 0 Å². The zero-order valence-electron chi connectivity index (χ0n) is 23.8. The van der Waals surface area contributed by atoms with Crippen molar-refractivity contribution in [3.8, 4) is 11.5 Å². The summed E-state index contributed by atoms with van der Waals surface area (Å²) >= 11 is 0. The number of carbonyl (C=O) groups excluding carboxylic acids is 4. The molecular weight excluding hydrogens is 478 g/mol. The molecule has 0 aliphatic rings. The molecule has 9 nitrogen and oxygen atoms in total. The molecule has 0 amide bonds. The summed E-state index contributed by atoms with van der Waals surface area (Å²) in [6.07, 6.45) is -0.992. The van der Waals surface area contributed by atoms with Crippen molar-refractivity contribution in [2.45, 2.75) is 100 Å². The maximum Gasteiger partial charge on any atom is 0.323 e. The highest BCUT2D eigenvalue weighted by molar-refractivity contribution is 5.81. The van der Waals surface area contributed by atoms with Gasteiger partial charge in [-0.05, 0) is 85.4 Å². The molecule has 0 saturated carbocycles. The Morgan fingerprint density at radius 3 is 1.76 bits per heavy atom. The third-order valence-electron chi connectivity index (χ3n) is 5.25. The number of hydrogen-bond acceptors (Lipinski definition) is 9. The van der Waals surface area contributed by atoms with Gasteiger partial charge in [-0.25, -0.2) is 0 Å². The van der Waals surface area contributed by atoms with Gasteiger partial charge in [-0.15, -0.1) is 0 Å². The number of ether oxygens (including phenoxy) is 4. The molecule has 1 aromatic rings. The van der Waals surface area contributed by atoms with Crippen molar-refractivity contribution in [1.82, 2.24) is 0 Å². The number of carbonyl (C=O) groups is 4. The number of esters is 4. The Balaban J connectivity index is 2.99. The van der Waals surface area contributed by atoms with Crippen LogP contribution in [0.1, 0.15) is 81.2 Å². The first-order valence-corrected chi connectivity index (χ1v) is 12.5. The van der Waals surface area contributed by atoms with Crippen molar-refractivity contribution < 1.29 is 38.1 Å². The van der Waals surface area contributed by atoms with Crippen LogP contribution in [0.2, 0.25) is 0 Å². The third kappa shape index (κ3) is 10.9. The number of nitrogens with two attached hydrogens (primary N) is 1.